The largest absolute Gasteiger partial charge is 0.454 e. The molecule has 1 aromatic carbocycles. The first-order valence-electron chi connectivity index (χ1n) is 8.83. The minimum absolute atomic E-state index is 0.277. The number of ketones is 1. The van der Waals surface area contributed by atoms with E-state index in [4.69, 9.17) is 9.72 Å². The Kier molecular flexibility index (Phi) is 4.64. The third-order valence-corrected chi connectivity index (χ3v) is 4.76. The van der Waals surface area contributed by atoms with Crippen LogP contribution < -0.4 is 0 Å². The van der Waals surface area contributed by atoms with E-state index >= 15 is 0 Å². The smallest absolute Gasteiger partial charge is 0.339 e. The number of aromatic nitrogens is 2. The van der Waals surface area contributed by atoms with Gasteiger partial charge in [0.25, 0.3) is 0 Å². The molecular formula is C21H19N3O3. The van der Waals surface area contributed by atoms with Crippen LogP contribution in [0, 0.1) is 0 Å². The molecule has 0 fully saturated rings. The van der Waals surface area contributed by atoms with Crippen LogP contribution in [0.15, 0.2) is 48.8 Å². The molecule has 1 aliphatic rings. The quantitative estimate of drug-likeness (QED) is 0.525. The van der Waals surface area contributed by atoms with Gasteiger partial charge < -0.3 is 9.64 Å². The summed E-state index contributed by atoms with van der Waals surface area (Å²) in [6, 6.07) is 10.9. The Bertz CT molecular complexity index is 1020. The molecule has 2 aromatic heterocycles. The predicted molar refractivity (Wildman–Crippen MR) is 101 cm³/mol. The molecule has 0 bridgehead atoms. The second-order valence-corrected chi connectivity index (χ2v) is 6.66. The molecule has 6 heteroatoms. The van der Waals surface area contributed by atoms with E-state index in [0.29, 0.717) is 17.7 Å². The summed E-state index contributed by atoms with van der Waals surface area (Å²) in [6.45, 7) is 1.21. The standard InChI is InChI=1S/C21H19N3O3/c1-24-10-8-18-16(12-24)20(15-6-2-3-7-17(15)23-18)21(26)27-13-19(25)14-5-4-9-22-11-14/h2-7,9,11H,8,10,12-13H2,1H3. The molecule has 0 N–H and O–H groups in total. The van der Waals surface area contributed by atoms with Crippen molar-refractivity contribution in [2.75, 3.05) is 20.2 Å². The molecule has 1 aliphatic heterocycles. The number of para-hydroxylation sites is 1. The van der Waals surface area contributed by atoms with E-state index in [-0.39, 0.29) is 12.4 Å². The van der Waals surface area contributed by atoms with Gasteiger partial charge in [-0.1, -0.05) is 18.2 Å². The zero-order valence-corrected chi connectivity index (χ0v) is 15.0. The van der Waals surface area contributed by atoms with Crippen LogP contribution in [0.25, 0.3) is 10.9 Å². The lowest BCUT2D eigenvalue weighted by atomic mass is 9.96. The molecule has 3 heterocycles. The van der Waals surface area contributed by atoms with Crippen LogP contribution in [0.5, 0.6) is 0 Å². The number of esters is 1. The van der Waals surface area contributed by atoms with Gasteiger partial charge in [0.2, 0.25) is 5.78 Å². The first-order valence-corrected chi connectivity index (χ1v) is 8.83. The average Bonchev–Trinajstić information content (AvgIpc) is 2.70. The molecular weight excluding hydrogens is 342 g/mol. The van der Waals surface area contributed by atoms with E-state index in [9.17, 15) is 9.59 Å². The first-order chi connectivity index (χ1) is 13.1. The third kappa shape index (κ3) is 3.44. The normalized spacial score (nSPS) is 14.0. The van der Waals surface area contributed by atoms with Gasteiger partial charge in [-0.3, -0.25) is 14.8 Å². The summed E-state index contributed by atoms with van der Waals surface area (Å²) >= 11 is 0. The van der Waals surface area contributed by atoms with E-state index in [1.54, 1.807) is 18.3 Å². The van der Waals surface area contributed by atoms with Crippen molar-refractivity contribution in [2.45, 2.75) is 13.0 Å². The summed E-state index contributed by atoms with van der Waals surface area (Å²) in [7, 11) is 2.01. The molecule has 0 unspecified atom stereocenters. The van der Waals surface area contributed by atoms with E-state index in [1.165, 1.54) is 6.20 Å². The number of benzene rings is 1. The Hall–Kier alpha value is -3.12. The van der Waals surface area contributed by atoms with Crippen molar-refractivity contribution in [3.8, 4) is 0 Å². The number of carbonyl (C=O) groups is 2. The fourth-order valence-corrected chi connectivity index (χ4v) is 3.37. The van der Waals surface area contributed by atoms with Crippen molar-refractivity contribution in [2.24, 2.45) is 0 Å². The Labute approximate surface area is 156 Å². The maximum absolute atomic E-state index is 12.9. The highest BCUT2D eigenvalue weighted by Crippen LogP contribution is 2.28. The zero-order chi connectivity index (χ0) is 18.8. The minimum atomic E-state index is -0.489. The number of hydrogen-bond donors (Lipinski definition) is 0. The van der Waals surface area contributed by atoms with Gasteiger partial charge in [-0.15, -0.1) is 0 Å². The fraction of sp³-hybridized carbons (Fsp3) is 0.238. The van der Waals surface area contributed by atoms with Gasteiger partial charge in [0, 0.05) is 54.1 Å². The number of hydrogen-bond acceptors (Lipinski definition) is 6. The number of fused-ring (bicyclic) bond motifs is 2. The summed E-state index contributed by atoms with van der Waals surface area (Å²) in [5, 5.41) is 0.755. The molecule has 0 atom stereocenters. The summed E-state index contributed by atoms with van der Waals surface area (Å²) in [6.07, 6.45) is 3.84. The molecule has 136 valence electrons. The van der Waals surface area contributed by atoms with Crippen molar-refractivity contribution in [1.29, 1.82) is 0 Å². The highest BCUT2D eigenvalue weighted by molar-refractivity contribution is 6.06. The summed E-state index contributed by atoms with van der Waals surface area (Å²) < 4.78 is 5.39. The Morgan fingerprint density at radius 2 is 2.04 bits per heavy atom. The van der Waals surface area contributed by atoms with Gasteiger partial charge in [-0.25, -0.2) is 4.79 Å². The molecule has 0 saturated carbocycles. The van der Waals surface area contributed by atoms with Crippen LogP contribution in [0.4, 0.5) is 0 Å². The molecule has 27 heavy (non-hydrogen) atoms. The lowest BCUT2D eigenvalue weighted by molar-refractivity contribution is 0.0474. The number of pyridine rings is 2. The zero-order valence-electron chi connectivity index (χ0n) is 15.0. The Balaban J connectivity index is 1.66. The van der Waals surface area contributed by atoms with Crippen molar-refractivity contribution in [1.82, 2.24) is 14.9 Å². The van der Waals surface area contributed by atoms with Gasteiger partial charge >= 0.3 is 5.97 Å². The Morgan fingerprint density at radius 1 is 1.19 bits per heavy atom. The van der Waals surface area contributed by atoms with Crippen LogP contribution in [-0.2, 0) is 17.7 Å². The number of nitrogens with zero attached hydrogens (tertiary/aromatic N) is 3. The number of carbonyl (C=O) groups excluding carboxylic acids is 2. The molecule has 0 amide bonds. The second kappa shape index (κ2) is 7.25. The van der Waals surface area contributed by atoms with Crippen molar-refractivity contribution >= 4 is 22.7 Å². The van der Waals surface area contributed by atoms with Crippen molar-refractivity contribution < 1.29 is 14.3 Å². The monoisotopic (exact) mass is 361 g/mol. The van der Waals surface area contributed by atoms with Crippen LogP contribution in [0.1, 0.15) is 32.0 Å². The van der Waals surface area contributed by atoms with E-state index < -0.39 is 5.97 Å². The number of Topliss-reactive ketones (excluding diaryl/α,β-unsaturated/α-hetero) is 1. The average molecular weight is 361 g/mol. The van der Waals surface area contributed by atoms with E-state index in [1.807, 2.05) is 31.3 Å². The number of rotatable bonds is 4. The topological polar surface area (TPSA) is 72.4 Å². The summed E-state index contributed by atoms with van der Waals surface area (Å²) in [4.78, 5) is 36.0. The lowest BCUT2D eigenvalue weighted by Crippen LogP contribution is -2.29. The van der Waals surface area contributed by atoms with Crippen LogP contribution in [0.2, 0.25) is 0 Å². The van der Waals surface area contributed by atoms with Gasteiger partial charge in [-0.05, 0) is 25.2 Å². The molecule has 0 aliphatic carbocycles. The maximum atomic E-state index is 12.9. The highest BCUT2D eigenvalue weighted by atomic mass is 16.5. The van der Waals surface area contributed by atoms with E-state index in [0.717, 1.165) is 35.1 Å². The van der Waals surface area contributed by atoms with E-state index in [2.05, 4.69) is 9.88 Å². The molecule has 0 spiro atoms. The van der Waals surface area contributed by atoms with Crippen molar-refractivity contribution in [3.63, 3.8) is 0 Å². The van der Waals surface area contributed by atoms with Gasteiger partial charge in [0.1, 0.15) is 0 Å². The molecule has 0 radical (unpaired) electrons. The van der Waals surface area contributed by atoms with Crippen LogP contribution in [-0.4, -0.2) is 46.8 Å². The summed E-state index contributed by atoms with van der Waals surface area (Å²) in [5.41, 5.74) is 3.53. The van der Waals surface area contributed by atoms with Crippen molar-refractivity contribution in [3.05, 3.63) is 71.2 Å². The number of likely N-dealkylation sites (N-methyl/N-ethyl adjacent to an activating group) is 1. The third-order valence-electron chi connectivity index (χ3n) is 4.76. The first kappa shape index (κ1) is 17.3. The second-order valence-electron chi connectivity index (χ2n) is 6.66. The van der Waals surface area contributed by atoms with Crippen LogP contribution >= 0.6 is 0 Å². The Morgan fingerprint density at radius 3 is 2.85 bits per heavy atom. The van der Waals surface area contributed by atoms with Gasteiger partial charge in [-0.2, -0.15) is 0 Å². The van der Waals surface area contributed by atoms with Gasteiger partial charge in [0.05, 0.1) is 11.1 Å². The van der Waals surface area contributed by atoms with Crippen LogP contribution in [0.3, 0.4) is 0 Å². The molecule has 0 saturated heterocycles. The van der Waals surface area contributed by atoms with Gasteiger partial charge in [0.15, 0.2) is 6.61 Å². The highest BCUT2D eigenvalue weighted by Gasteiger charge is 2.25. The number of ether oxygens (including phenoxy) is 1. The summed E-state index contributed by atoms with van der Waals surface area (Å²) in [5.74, 6) is -0.766. The maximum Gasteiger partial charge on any atom is 0.339 e. The lowest BCUT2D eigenvalue weighted by Gasteiger charge is -2.26. The molecule has 6 nitrogen and oxygen atoms in total. The SMILES string of the molecule is CN1CCc2nc3ccccc3c(C(=O)OCC(=O)c3cccnc3)c2C1. The molecule has 3 aromatic rings. The predicted octanol–water partition coefficient (Wildman–Crippen LogP) is 2.66. The minimum Gasteiger partial charge on any atom is -0.454 e. The fourth-order valence-electron chi connectivity index (χ4n) is 3.37. The molecule has 4 rings (SSSR count).